The van der Waals surface area contributed by atoms with Gasteiger partial charge in [0.05, 0.1) is 0 Å². The Morgan fingerprint density at radius 1 is 1.21 bits per heavy atom. The fourth-order valence-electron chi connectivity index (χ4n) is 2.17. The van der Waals surface area contributed by atoms with Gasteiger partial charge in [0.1, 0.15) is 5.75 Å². The molecule has 0 saturated heterocycles. The Hall–Kier alpha value is -1.32. The van der Waals surface area contributed by atoms with Crippen molar-refractivity contribution in [3.63, 3.8) is 0 Å². The van der Waals surface area contributed by atoms with E-state index >= 15 is 0 Å². The second-order valence-corrected chi connectivity index (χ2v) is 6.23. The second-order valence-electron chi connectivity index (χ2n) is 4.89. The molecule has 1 aromatic carbocycles. The highest BCUT2D eigenvalue weighted by Gasteiger charge is 2.09. The smallest absolute Gasteiger partial charge is 0.115 e. The predicted molar refractivity (Wildman–Crippen MR) is 81.8 cm³/mol. The highest BCUT2D eigenvalue weighted by molar-refractivity contribution is 7.12. The van der Waals surface area contributed by atoms with E-state index in [-0.39, 0.29) is 0 Å². The predicted octanol–water partition coefficient (Wildman–Crippen LogP) is 4.31. The van der Waals surface area contributed by atoms with Gasteiger partial charge in [0, 0.05) is 22.3 Å². The van der Waals surface area contributed by atoms with Gasteiger partial charge in [-0.25, -0.2) is 0 Å². The maximum Gasteiger partial charge on any atom is 0.115 e. The van der Waals surface area contributed by atoms with Crippen LogP contribution in [0.1, 0.15) is 40.3 Å². The molecule has 0 amide bonds. The number of phenols is 1. The van der Waals surface area contributed by atoms with E-state index in [4.69, 9.17) is 0 Å². The van der Waals surface area contributed by atoms with Crippen LogP contribution < -0.4 is 5.32 Å². The molecule has 0 spiro atoms. The zero-order valence-electron chi connectivity index (χ0n) is 11.7. The normalized spacial score (nSPS) is 12.6. The van der Waals surface area contributed by atoms with Crippen molar-refractivity contribution in [2.24, 2.45) is 0 Å². The third-order valence-electron chi connectivity index (χ3n) is 3.44. The van der Waals surface area contributed by atoms with E-state index in [1.807, 2.05) is 23.5 Å². The van der Waals surface area contributed by atoms with Crippen LogP contribution in [0.3, 0.4) is 0 Å². The van der Waals surface area contributed by atoms with Gasteiger partial charge in [0.15, 0.2) is 0 Å². The summed E-state index contributed by atoms with van der Waals surface area (Å²) in [5, 5.41) is 12.9. The Kier molecular flexibility index (Phi) is 4.61. The Bertz CT molecular complexity index is 511. The van der Waals surface area contributed by atoms with Crippen molar-refractivity contribution in [2.75, 3.05) is 0 Å². The molecular formula is C16H21NOS. The summed E-state index contributed by atoms with van der Waals surface area (Å²) in [7, 11) is 0. The van der Waals surface area contributed by atoms with Crippen LogP contribution in [0.4, 0.5) is 0 Å². The number of nitrogens with one attached hydrogen (secondary N) is 1. The first-order chi connectivity index (χ1) is 9.10. The van der Waals surface area contributed by atoms with Gasteiger partial charge in [-0.1, -0.05) is 19.1 Å². The lowest BCUT2D eigenvalue weighted by atomic mass is 10.0. The molecule has 0 aliphatic heterocycles. The van der Waals surface area contributed by atoms with E-state index in [1.165, 1.54) is 20.9 Å². The average molecular weight is 275 g/mol. The molecule has 19 heavy (non-hydrogen) atoms. The van der Waals surface area contributed by atoms with Crippen LogP contribution in [0, 0.1) is 13.8 Å². The molecular weight excluding hydrogens is 254 g/mol. The highest BCUT2D eigenvalue weighted by atomic mass is 32.1. The molecule has 0 radical (unpaired) electrons. The largest absolute Gasteiger partial charge is 0.508 e. The summed E-state index contributed by atoms with van der Waals surface area (Å²) in [6.45, 7) is 7.40. The Labute approximate surface area is 119 Å². The Balaban J connectivity index is 2.01. The van der Waals surface area contributed by atoms with Gasteiger partial charge in [0.2, 0.25) is 0 Å². The minimum absolute atomic E-state index is 0.322. The standard InChI is InChI=1S/C16H21NOS/c1-4-16(13-5-7-14(18)8-6-13)17-10-15-9-11(2)12(3)19-15/h5-9,16-18H,4,10H2,1-3H3. The van der Waals surface area contributed by atoms with Crippen LogP contribution in [0.5, 0.6) is 5.75 Å². The van der Waals surface area contributed by atoms with Crippen LogP contribution in [-0.4, -0.2) is 5.11 Å². The molecule has 3 heteroatoms. The lowest BCUT2D eigenvalue weighted by Gasteiger charge is -2.17. The Morgan fingerprint density at radius 3 is 2.42 bits per heavy atom. The molecule has 2 aromatic rings. The first-order valence-electron chi connectivity index (χ1n) is 6.68. The van der Waals surface area contributed by atoms with Gasteiger partial charge < -0.3 is 10.4 Å². The molecule has 1 atom stereocenters. The second kappa shape index (κ2) is 6.22. The van der Waals surface area contributed by atoms with Gasteiger partial charge in [-0.05, 0) is 49.6 Å². The van der Waals surface area contributed by atoms with Gasteiger partial charge in [-0.15, -0.1) is 11.3 Å². The molecule has 0 bridgehead atoms. The van der Waals surface area contributed by atoms with Gasteiger partial charge in [0.25, 0.3) is 0 Å². The van der Waals surface area contributed by atoms with Crippen LogP contribution in [0.15, 0.2) is 30.3 Å². The van der Waals surface area contributed by atoms with Crippen molar-refractivity contribution in [2.45, 2.75) is 39.8 Å². The molecule has 0 aliphatic carbocycles. The SMILES string of the molecule is CCC(NCc1cc(C)c(C)s1)c1ccc(O)cc1. The summed E-state index contributed by atoms with van der Waals surface area (Å²) in [5.41, 5.74) is 2.60. The Morgan fingerprint density at radius 2 is 1.89 bits per heavy atom. The third kappa shape index (κ3) is 3.58. The topological polar surface area (TPSA) is 32.3 Å². The lowest BCUT2D eigenvalue weighted by Crippen LogP contribution is -2.19. The van der Waals surface area contributed by atoms with Crippen molar-refractivity contribution in [3.05, 3.63) is 51.2 Å². The third-order valence-corrected chi connectivity index (χ3v) is 4.60. The number of aromatic hydroxyl groups is 1. The monoisotopic (exact) mass is 275 g/mol. The zero-order chi connectivity index (χ0) is 13.8. The van der Waals surface area contributed by atoms with E-state index in [0.717, 1.165) is 13.0 Å². The van der Waals surface area contributed by atoms with Gasteiger partial charge in [-0.2, -0.15) is 0 Å². The summed E-state index contributed by atoms with van der Waals surface area (Å²) in [4.78, 5) is 2.78. The maximum atomic E-state index is 9.33. The highest BCUT2D eigenvalue weighted by Crippen LogP contribution is 2.23. The number of aryl methyl sites for hydroxylation is 2. The quantitative estimate of drug-likeness (QED) is 0.852. The summed E-state index contributed by atoms with van der Waals surface area (Å²) in [6, 6.07) is 10.1. The number of phenolic OH excluding ortho intramolecular Hbond substituents is 1. The number of hydrogen-bond acceptors (Lipinski definition) is 3. The van der Waals surface area contributed by atoms with Crippen molar-refractivity contribution in [1.29, 1.82) is 0 Å². The van der Waals surface area contributed by atoms with Crippen LogP contribution in [0.2, 0.25) is 0 Å². The molecule has 1 aromatic heterocycles. The van der Waals surface area contributed by atoms with E-state index < -0.39 is 0 Å². The van der Waals surface area contributed by atoms with Crippen LogP contribution in [-0.2, 0) is 6.54 Å². The number of benzene rings is 1. The van der Waals surface area contributed by atoms with Gasteiger partial charge >= 0.3 is 0 Å². The molecule has 0 saturated carbocycles. The number of rotatable bonds is 5. The molecule has 1 heterocycles. The molecule has 2 nitrogen and oxygen atoms in total. The maximum absolute atomic E-state index is 9.33. The summed E-state index contributed by atoms with van der Waals surface area (Å²) in [5.74, 6) is 0.322. The lowest BCUT2D eigenvalue weighted by molar-refractivity contribution is 0.473. The van der Waals surface area contributed by atoms with E-state index in [9.17, 15) is 5.11 Å². The summed E-state index contributed by atoms with van der Waals surface area (Å²) >= 11 is 1.86. The fourth-order valence-corrected chi connectivity index (χ4v) is 3.17. The molecule has 2 rings (SSSR count). The molecule has 2 N–H and O–H groups in total. The van der Waals surface area contributed by atoms with Crippen molar-refractivity contribution < 1.29 is 5.11 Å². The molecule has 1 unspecified atom stereocenters. The number of hydrogen-bond donors (Lipinski definition) is 2. The average Bonchev–Trinajstić information content (AvgIpc) is 2.71. The molecule has 102 valence electrons. The van der Waals surface area contributed by atoms with E-state index in [0.29, 0.717) is 11.8 Å². The fraction of sp³-hybridized carbons (Fsp3) is 0.375. The van der Waals surface area contributed by atoms with Crippen LogP contribution in [0.25, 0.3) is 0 Å². The molecule has 0 aliphatic rings. The minimum Gasteiger partial charge on any atom is -0.508 e. The van der Waals surface area contributed by atoms with Crippen molar-refractivity contribution in [1.82, 2.24) is 5.32 Å². The van der Waals surface area contributed by atoms with Gasteiger partial charge in [-0.3, -0.25) is 0 Å². The summed E-state index contributed by atoms with van der Waals surface area (Å²) in [6.07, 6.45) is 1.04. The number of thiophene rings is 1. The first-order valence-corrected chi connectivity index (χ1v) is 7.50. The molecule has 0 fully saturated rings. The van der Waals surface area contributed by atoms with E-state index in [2.05, 4.69) is 32.2 Å². The van der Waals surface area contributed by atoms with Crippen molar-refractivity contribution in [3.8, 4) is 5.75 Å². The summed E-state index contributed by atoms with van der Waals surface area (Å²) < 4.78 is 0. The first kappa shape index (κ1) is 14.1. The van der Waals surface area contributed by atoms with Crippen LogP contribution >= 0.6 is 11.3 Å². The van der Waals surface area contributed by atoms with E-state index in [1.54, 1.807) is 12.1 Å². The minimum atomic E-state index is 0.322. The zero-order valence-corrected chi connectivity index (χ0v) is 12.6. The van der Waals surface area contributed by atoms with Crippen molar-refractivity contribution >= 4 is 11.3 Å².